The van der Waals surface area contributed by atoms with Gasteiger partial charge >= 0.3 is 0 Å². The summed E-state index contributed by atoms with van der Waals surface area (Å²) in [6.45, 7) is 1.13. The quantitative estimate of drug-likeness (QED) is 0.791. The molecule has 1 aliphatic rings. The van der Waals surface area contributed by atoms with E-state index in [9.17, 15) is 9.59 Å². The molecule has 1 fully saturated rings. The molecule has 0 aliphatic carbocycles. The lowest BCUT2D eigenvalue weighted by Crippen LogP contribution is -2.38. The van der Waals surface area contributed by atoms with Gasteiger partial charge in [0.2, 0.25) is 0 Å². The van der Waals surface area contributed by atoms with Crippen molar-refractivity contribution in [3.05, 3.63) is 65.7 Å². The number of hydrogen-bond donors (Lipinski definition) is 2. The number of carbonyl (C=O) groups excluding carboxylic acids is 2. The molecule has 3 rings (SSSR count). The molecule has 0 unspecified atom stereocenters. The third-order valence-electron chi connectivity index (χ3n) is 3.87. The van der Waals surface area contributed by atoms with Crippen LogP contribution in [0.5, 0.6) is 0 Å². The molecular weight excluding hydrogens is 320 g/mol. The van der Waals surface area contributed by atoms with Gasteiger partial charge in [-0.05, 0) is 37.1 Å². The molecule has 0 bridgehead atoms. The lowest BCUT2D eigenvalue weighted by atomic mass is 10.2. The number of furan rings is 1. The fourth-order valence-electron chi connectivity index (χ4n) is 2.57. The number of hydrogen-bond acceptors (Lipinski definition) is 4. The second-order valence-corrected chi connectivity index (χ2v) is 5.74. The van der Waals surface area contributed by atoms with E-state index in [1.807, 2.05) is 6.07 Å². The number of nitrogens with one attached hydrogen (secondary N) is 2. The number of rotatable bonds is 6. The van der Waals surface area contributed by atoms with Crippen LogP contribution < -0.4 is 10.6 Å². The van der Waals surface area contributed by atoms with E-state index in [1.165, 1.54) is 12.3 Å². The van der Waals surface area contributed by atoms with E-state index >= 15 is 0 Å². The Bertz CT molecular complexity index is 732. The molecule has 1 saturated heterocycles. The summed E-state index contributed by atoms with van der Waals surface area (Å²) in [7, 11) is 0. The maximum atomic E-state index is 12.5. The Labute approximate surface area is 145 Å². The summed E-state index contributed by atoms with van der Waals surface area (Å²) in [6, 6.07) is 12.2. The van der Waals surface area contributed by atoms with Crippen LogP contribution in [0.4, 0.5) is 0 Å². The first kappa shape index (κ1) is 17.0. The largest absolute Gasteiger partial charge is 0.465 e. The smallest absolute Gasteiger partial charge is 0.268 e. The normalized spacial score (nSPS) is 17.3. The molecule has 1 aliphatic heterocycles. The van der Waals surface area contributed by atoms with E-state index in [4.69, 9.17) is 9.15 Å². The van der Waals surface area contributed by atoms with Gasteiger partial charge in [-0.2, -0.15) is 0 Å². The summed E-state index contributed by atoms with van der Waals surface area (Å²) in [5, 5.41) is 5.46. The summed E-state index contributed by atoms with van der Waals surface area (Å²) in [4.78, 5) is 24.9. The molecule has 0 saturated carbocycles. The second-order valence-electron chi connectivity index (χ2n) is 5.74. The minimum atomic E-state index is -0.379. The van der Waals surface area contributed by atoms with Gasteiger partial charge in [-0.15, -0.1) is 0 Å². The Hall–Kier alpha value is -2.86. The van der Waals surface area contributed by atoms with Crippen molar-refractivity contribution in [2.45, 2.75) is 18.9 Å². The van der Waals surface area contributed by atoms with Crippen LogP contribution in [0, 0.1) is 0 Å². The van der Waals surface area contributed by atoms with Crippen molar-refractivity contribution in [3.8, 4) is 0 Å². The van der Waals surface area contributed by atoms with Crippen molar-refractivity contribution in [1.29, 1.82) is 0 Å². The van der Waals surface area contributed by atoms with Crippen LogP contribution in [-0.4, -0.2) is 31.1 Å². The molecule has 1 aromatic heterocycles. The second kappa shape index (κ2) is 8.30. The Kier molecular flexibility index (Phi) is 5.64. The van der Waals surface area contributed by atoms with Gasteiger partial charge in [0, 0.05) is 24.8 Å². The molecule has 130 valence electrons. The van der Waals surface area contributed by atoms with Gasteiger partial charge < -0.3 is 19.8 Å². The molecule has 1 atom stereocenters. The van der Waals surface area contributed by atoms with Crippen LogP contribution in [0.25, 0.3) is 6.08 Å². The van der Waals surface area contributed by atoms with Crippen molar-refractivity contribution in [3.63, 3.8) is 0 Å². The van der Waals surface area contributed by atoms with E-state index in [0.29, 0.717) is 17.9 Å². The third-order valence-corrected chi connectivity index (χ3v) is 3.87. The first-order chi connectivity index (χ1) is 12.2. The molecule has 6 nitrogen and oxygen atoms in total. The topological polar surface area (TPSA) is 80.6 Å². The molecule has 2 aromatic rings. The standard InChI is InChI=1S/C19H20N2O4/c22-18(14-6-2-1-3-7-14)21-17(12-15-8-4-10-24-15)19(23)20-13-16-9-5-11-25-16/h1-4,6-8,10,12,16H,5,9,11,13H2,(H,20,23)(H,21,22)/b17-12-/t16-/m0/s1. The van der Waals surface area contributed by atoms with Crippen LogP contribution in [0.2, 0.25) is 0 Å². The maximum Gasteiger partial charge on any atom is 0.268 e. The lowest BCUT2D eigenvalue weighted by molar-refractivity contribution is -0.118. The number of amides is 2. The summed E-state index contributed by atoms with van der Waals surface area (Å²) >= 11 is 0. The van der Waals surface area contributed by atoms with Crippen LogP contribution >= 0.6 is 0 Å². The molecule has 6 heteroatoms. The first-order valence-corrected chi connectivity index (χ1v) is 8.24. The third kappa shape index (κ3) is 4.81. The minimum Gasteiger partial charge on any atom is -0.465 e. The number of benzene rings is 1. The molecule has 1 aromatic carbocycles. The molecule has 2 N–H and O–H groups in total. The van der Waals surface area contributed by atoms with E-state index in [0.717, 1.165) is 19.4 Å². The lowest BCUT2D eigenvalue weighted by Gasteiger charge is -2.13. The molecule has 2 heterocycles. The van der Waals surface area contributed by atoms with E-state index in [2.05, 4.69) is 10.6 Å². The molecule has 25 heavy (non-hydrogen) atoms. The van der Waals surface area contributed by atoms with Crippen molar-refractivity contribution >= 4 is 17.9 Å². The highest BCUT2D eigenvalue weighted by molar-refractivity contribution is 6.05. The molecule has 0 radical (unpaired) electrons. The highest BCUT2D eigenvalue weighted by Crippen LogP contribution is 2.11. The van der Waals surface area contributed by atoms with Gasteiger partial charge in [0.1, 0.15) is 11.5 Å². The van der Waals surface area contributed by atoms with Crippen molar-refractivity contribution in [1.82, 2.24) is 10.6 Å². The Balaban J connectivity index is 1.70. The fraction of sp³-hybridized carbons (Fsp3) is 0.263. The SMILES string of the molecule is O=C(NC[C@@H]1CCCO1)/C(=C/c1ccco1)NC(=O)c1ccccc1. The summed E-state index contributed by atoms with van der Waals surface area (Å²) in [5.41, 5.74) is 0.599. The number of carbonyl (C=O) groups is 2. The van der Waals surface area contributed by atoms with Gasteiger partial charge in [0.15, 0.2) is 0 Å². The van der Waals surface area contributed by atoms with Crippen LogP contribution in [0.3, 0.4) is 0 Å². The van der Waals surface area contributed by atoms with E-state index in [-0.39, 0.29) is 23.6 Å². The highest BCUT2D eigenvalue weighted by Gasteiger charge is 2.19. The van der Waals surface area contributed by atoms with Gasteiger partial charge in [0.25, 0.3) is 11.8 Å². The Morgan fingerprint density at radius 1 is 1.16 bits per heavy atom. The van der Waals surface area contributed by atoms with E-state index < -0.39 is 0 Å². The highest BCUT2D eigenvalue weighted by atomic mass is 16.5. The summed E-state index contributed by atoms with van der Waals surface area (Å²) in [6.07, 6.45) is 4.96. The molecule has 0 spiro atoms. The van der Waals surface area contributed by atoms with Crippen LogP contribution in [0.1, 0.15) is 29.0 Å². The number of ether oxygens (including phenoxy) is 1. The van der Waals surface area contributed by atoms with Gasteiger partial charge in [0.05, 0.1) is 12.4 Å². The summed E-state index contributed by atoms with van der Waals surface area (Å²) in [5.74, 6) is -0.252. The summed E-state index contributed by atoms with van der Waals surface area (Å²) < 4.78 is 10.7. The molecule has 2 amide bonds. The average molecular weight is 340 g/mol. The zero-order valence-corrected chi connectivity index (χ0v) is 13.7. The van der Waals surface area contributed by atoms with E-state index in [1.54, 1.807) is 36.4 Å². The maximum absolute atomic E-state index is 12.5. The van der Waals surface area contributed by atoms with Crippen LogP contribution in [-0.2, 0) is 9.53 Å². The Morgan fingerprint density at radius 2 is 2.00 bits per heavy atom. The Morgan fingerprint density at radius 3 is 2.68 bits per heavy atom. The minimum absolute atomic E-state index is 0.0265. The van der Waals surface area contributed by atoms with Crippen molar-refractivity contribution in [2.24, 2.45) is 0 Å². The average Bonchev–Trinajstić information content (AvgIpc) is 3.33. The predicted molar refractivity (Wildman–Crippen MR) is 92.6 cm³/mol. The van der Waals surface area contributed by atoms with Gasteiger partial charge in [-0.3, -0.25) is 9.59 Å². The first-order valence-electron chi connectivity index (χ1n) is 8.24. The molecular formula is C19H20N2O4. The van der Waals surface area contributed by atoms with Gasteiger partial charge in [-0.1, -0.05) is 18.2 Å². The van der Waals surface area contributed by atoms with Crippen LogP contribution in [0.15, 0.2) is 58.8 Å². The van der Waals surface area contributed by atoms with Crippen molar-refractivity contribution < 1.29 is 18.7 Å². The van der Waals surface area contributed by atoms with Gasteiger partial charge in [-0.25, -0.2) is 0 Å². The fourth-order valence-corrected chi connectivity index (χ4v) is 2.57. The zero-order chi connectivity index (χ0) is 17.5. The van der Waals surface area contributed by atoms with Crippen molar-refractivity contribution in [2.75, 3.05) is 13.2 Å². The zero-order valence-electron chi connectivity index (χ0n) is 13.7. The predicted octanol–water partition coefficient (Wildman–Crippen LogP) is 2.35. The monoisotopic (exact) mass is 340 g/mol.